The molecule has 35 nitrogen and oxygen atoms in total. The number of allylic oxidation sites excluding steroid dienone is 6. The molecule has 19 N–H and O–H groups in total. The minimum atomic E-state index is -5.32. The Labute approximate surface area is 652 Å². The van der Waals surface area contributed by atoms with Crippen LogP contribution in [0.2, 0.25) is 0 Å². The van der Waals surface area contributed by atoms with Gasteiger partial charge in [-0.2, -0.15) is 5.70 Å². The Morgan fingerprint density at radius 1 is 0.782 bits per heavy atom. The number of phosphoric ester groups is 1. The quantitative estimate of drug-likeness (QED) is 0.0229. The number of aliphatic hydroxyl groups is 4. The fraction of sp³-hybridized carbons (Fsp3) is 0.597. The smallest absolute Gasteiger partial charge is 0.756 e. The van der Waals surface area contributed by atoms with E-state index in [4.69, 9.17) is 79.0 Å². The van der Waals surface area contributed by atoms with Crippen molar-refractivity contribution in [1.82, 2.24) is 29.8 Å². The summed E-state index contributed by atoms with van der Waals surface area (Å²) in [5.41, 5.74) is 43.2. The molecule has 0 radical (unpaired) electrons. The zero-order valence-corrected chi connectivity index (χ0v) is 66.0. The van der Waals surface area contributed by atoms with Crippen LogP contribution in [0.1, 0.15) is 157 Å². The minimum absolute atomic E-state index is 0. The molecule has 38 heteroatoms. The maximum atomic E-state index is 14.4. The minimum Gasteiger partial charge on any atom is -0.756 e. The predicted molar refractivity (Wildman–Crippen MR) is 398 cm³/mol. The second-order valence-corrected chi connectivity index (χ2v) is 32.4. The maximum absolute atomic E-state index is 14.4. The molecule has 3 saturated heterocycles. The molecule has 11 unspecified atom stereocenters. The number of primary amides is 6. The Hall–Kier alpha value is -7.97. The number of rotatable bonds is 27. The van der Waals surface area contributed by atoms with Crippen molar-refractivity contribution >= 4 is 107 Å². The summed E-state index contributed by atoms with van der Waals surface area (Å²) in [6.07, 6.45) is -5.69. The number of aliphatic imine (C=N–C) groups is 3. The van der Waals surface area contributed by atoms with Crippen LogP contribution in [-0.2, 0) is 73.4 Å². The van der Waals surface area contributed by atoms with Gasteiger partial charge in [-0.05, 0) is 125 Å². The van der Waals surface area contributed by atoms with Crippen molar-refractivity contribution in [3.63, 3.8) is 0 Å². The number of halogens is 1. The van der Waals surface area contributed by atoms with E-state index in [1.165, 1.54) is 35.0 Å². The number of phosphoric acid groups is 1. The summed E-state index contributed by atoms with van der Waals surface area (Å²) in [5, 5.41) is 49.6. The first-order valence-electron chi connectivity index (χ1n) is 35.9. The van der Waals surface area contributed by atoms with E-state index in [-0.39, 0.29) is 112 Å². The van der Waals surface area contributed by atoms with E-state index in [0.717, 1.165) is 11.1 Å². The van der Waals surface area contributed by atoms with Gasteiger partial charge in [0, 0.05) is 108 Å². The molecule has 3 aromatic heterocycles. The van der Waals surface area contributed by atoms with Crippen LogP contribution in [0.4, 0.5) is 5.82 Å². The van der Waals surface area contributed by atoms with Crippen molar-refractivity contribution in [1.29, 1.82) is 0 Å². The number of nitrogens with zero attached hydrogens (tertiary/aromatic N) is 10. The van der Waals surface area contributed by atoms with Crippen molar-refractivity contribution in [3.05, 3.63) is 88.8 Å². The molecule has 10 heterocycles. The molecule has 7 amide bonds. The number of hydrogen-bond acceptors (Lipinski definition) is 24. The summed E-state index contributed by atoms with van der Waals surface area (Å²) in [4.78, 5) is 140. The molecule has 7 aliphatic heterocycles. The van der Waals surface area contributed by atoms with Gasteiger partial charge in [0.05, 0.1) is 53.7 Å². The molecule has 19 atom stereocenters. The maximum Gasteiger partial charge on any atom is 3.00 e. The number of aryl methyl sites for hydroxylation is 2. The van der Waals surface area contributed by atoms with Crippen molar-refractivity contribution in [3.8, 4) is 0 Å². The molecule has 7 aliphatic rings. The van der Waals surface area contributed by atoms with Crippen molar-refractivity contribution in [2.24, 2.45) is 94.7 Å². The van der Waals surface area contributed by atoms with Crippen LogP contribution < -0.4 is 59.9 Å². The van der Waals surface area contributed by atoms with Crippen LogP contribution in [-0.4, -0.2) is 166 Å². The Bertz CT molecular complexity index is 4530. The number of hydrogen-bond donors (Lipinski definition) is 12. The van der Waals surface area contributed by atoms with Gasteiger partial charge >= 0.3 is 16.8 Å². The molecule has 8 bridgehead atoms. The third kappa shape index (κ3) is 16.7. The van der Waals surface area contributed by atoms with E-state index in [1.54, 1.807) is 6.92 Å². The standard InChI is InChI=1S/C62H90N13O14P.C10H12N5O3.ClH.Co/c1-29-20-39-40(21-30(29)2)75(28-70-39)57-52(84)53(41(27-76)87-57)89-90(85,86)88-31(3)26-69-49(83)18-19-59(8)37(22-46(66)80)56-62(11)61(10,25-48(68)82)36(14-17-45(65)79)51(74-62)33(5)55-60(9,24-47(67)81)34(12-15-43(63)77)38(71-55)23-42-58(6,7)35(13-16-44(64)78)50(72-42)32(4)54(59)73-56;1-4-6(16)7(17)10(18-4)15-3-14-5-8(11)12-2-13-9(5)15;;/h20-21,23,28,31,34-37,41,52-53,56-57,76,84H,12-19,22,24-27H2,1-11H3,(H15,63,64,65,66,67,68,69,71,72,73,74,77,78,79,80,81,82,83,85,86);2-4,6-7,10,16-17H,1H2,(H2,11,12,13);1H;/q;-1;;+3/p-2/t31?,34?,35?,36?,37?,41-,52-,53+,56?,57-,59?,60?,61?,62?;4-,6+,7+,10+;;/m10../s1. The summed E-state index contributed by atoms with van der Waals surface area (Å²) < 4.78 is 38.8. The number of ether oxygens (including phenoxy) is 2. The van der Waals surface area contributed by atoms with Crippen LogP contribution in [0.3, 0.4) is 0 Å². The molecule has 110 heavy (non-hydrogen) atoms. The van der Waals surface area contributed by atoms with Crippen LogP contribution in [0.25, 0.3) is 27.5 Å². The van der Waals surface area contributed by atoms with E-state index >= 15 is 0 Å². The predicted octanol–water partition coefficient (Wildman–Crippen LogP) is 1.64. The first-order chi connectivity index (χ1) is 50.4. The molecule has 0 spiro atoms. The molecule has 602 valence electrons. The first-order valence-corrected chi connectivity index (χ1v) is 37.3. The largest absolute Gasteiger partial charge is 3.00 e. The Morgan fingerprint density at radius 3 is 1.99 bits per heavy atom. The van der Waals surface area contributed by atoms with Gasteiger partial charge in [0.15, 0.2) is 23.9 Å². The topological polar surface area (TPSA) is 584 Å². The number of aliphatic hydroxyl groups excluding tert-OH is 4. The average molecular weight is 1620 g/mol. The number of aromatic nitrogens is 6. The van der Waals surface area contributed by atoms with Gasteiger partial charge in [0.25, 0.3) is 7.82 Å². The summed E-state index contributed by atoms with van der Waals surface area (Å²) in [5.74, 6) is -7.16. The van der Waals surface area contributed by atoms with Gasteiger partial charge in [-0.3, -0.25) is 57.7 Å². The first kappa shape index (κ1) is 87.6. The third-order valence-corrected chi connectivity index (χ3v) is 24.6. The van der Waals surface area contributed by atoms with Gasteiger partial charge in [-0.1, -0.05) is 40.7 Å². The summed E-state index contributed by atoms with van der Waals surface area (Å²) >= 11 is 0. The van der Waals surface area contributed by atoms with Gasteiger partial charge in [0.2, 0.25) is 41.4 Å². The molecular weight excluding hydrogens is 1510 g/mol. The Balaban J connectivity index is 0.000000659. The SMILES string of the molecule is C/C1=C2/N=C(C=C3N=C(/C(C)=C4\[N-]C(C(CC(N)=O)C4(C)CCC(=O)NCC(C)OP(=O)([O-])O[C@@H]4[C@@H](O)[C@H]([n+]5c[n-]c6cc(C)c(C)cc65)O[C@@H]4CO)C4(C)N=C1C(CCC(N)=O)C4(C)CC(N)=O)C(CCC(N)=O)C3(C)C)C(CCC(N)=O)C2(C)CC(N)=O.Cl.[CH2-][C@@H]1O[C@@H](n2cnc3c(N)ncnc32)[C@H](O)[C@@H]1O.[Co+3]. The van der Waals surface area contributed by atoms with Gasteiger partial charge in [-0.25, -0.2) is 19.9 Å². The van der Waals surface area contributed by atoms with Crippen molar-refractivity contribution in [2.75, 3.05) is 18.9 Å². The number of amides is 7. The zero-order valence-electron chi connectivity index (χ0n) is 63.2. The van der Waals surface area contributed by atoms with Crippen molar-refractivity contribution in [2.45, 2.75) is 214 Å². The van der Waals surface area contributed by atoms with Crippen LogP contribution in [0, 0.1) is 66.1 Å². The number of fused-ring (bicyclic) bond motifs is 8. The van der Waals surface area contributed by atoms with E-state index < -0.39 is 168 Å². The van der Waals surface area contributed by atoms with Crippen molar-refractivity contribution < 1.29 is 103 Å². The summed E-state index contributed by atoms with van der Waals surface area (Å²) in [7, 11) is -5.32. The molecule has 4 aromatic rings. The Kier molecular flexibility index (Phi) is 26.6. The van der Waals surface area contributed by atoms with Gasteiger partial charge < -0.3 is 106 Å². The van der Waals surface area contributed by atoms with E-state index in [9.17, 15) is 63.4 Å². The monoisotopic (exact) mass is 1610 g/mol. The number of imidazole rings is 2. The number of benzene rings is 1. The van der Waals surface area contributed by atoms with Gasteiger partial charge in [-0.15, -0.1) is 12.4 Å². The third-order valence-electron chi connectivity index (χ3n) is 23.5. The molecule has 3 fully saturated rings. The normalized spacial score (nSPS) is 32.8. The van der Waals surface area contributed by atoms with E-state index in [0.29, 0.717) is 67.6 Å². The molecule has 0 aliphatic carbocycles. The zero-order chi connectivity index (χ0) is 79.6. The summed E-state index contributed by atoms with van der Waals surface area (Å²) in [6, 6.07) is 2.65. The number of carbonyl (C=O) groups excluding carboxylic acids is 7. The van der Waals surface area contributed by atoms with Crippen LogP contribution >= 0.6 is 20.2 Å². The molecular formula is C72H101ClCoN18O17P. The number of nitrogen functional groups attached to an aromatic ring is 1. The molecule has 11 rings (SSSR count). The number of carbonyl (C=O) groups is 7. The molecule has 1 aromatic carbocycles. The molecule has 0 saturated carbocycles. The van der Waals surface area contributed by atoms with E-state index in [2.05, 4.69) is 32.2 Å². The summed E-state index contributed by atoms with van der Waals surface area (Å²) in [6.45, 7) is 22.6. The van der Waals surface area contributed by atoms with Gasteiger partial charge in [0.1, 0.15) is 36.3 Å². The van der Waals surface area contributed by atoms with E-state index in [1.807, 2.05) is 80.5 Å². The average Bonchev–Trinajstić information content (AvgIpc) is 1.52. The number of nitrogens with two attached hydrogens (primary N) is 7. The number of nitrogens with one attached hydrogen (secondary N) is 1. The number of anilines is 1. The van der Waals surface area contributed by atoms with Crippen LogP contribution in [0.15, 0.2) is 80.4 Å². The van der Waals surface area contributed by atoms with Crippen LogP contribution in [0.5, 0.6) is 0 Å². The second-order valence-electron chi connectivity index (χ2n) is 31.1. The fourth-order valence-electron chi connectivity index (χ4n) is 17.3. The second kappa shape index (κ2) is 33.4. The Morgan fingerprint density at radius 2 is 1.40 bits per heavy atom. The fourth-order valence-corrected chi connectivity index (χ4v) is 18.5.